The van der Waals surface area contributed by atoms with Crippen LogP contribution in [0.25, 0.3) is 11.1 Å². The third-order valence-corrected chi connectivity index (χ3v) is 5.95. The number of hydrogen-bond donors (Lipinski definition) is 3. The predicted molar refractivity (Wildman–Crippen MR) is 137 cm³/mol. The largest absolute Gasteiger partial charge is 0.494 e. The molecular formula is C26H27N5O2S. The first kappa shape index (κ1) is 23.3. The second kappa shape index (κ2) is 10.8. The Morgan fingerprint density at radius 2 is 1.79 bits per heavy atom. The van der Waals surface area contributed by atoms with E-state index in [0.717, 1.165) is 22.7 Å². The minimum absolute atomic E-state index is 0.418. The van der Waals surface area contributed by atoms with Gasteiger partial charge in [-0.25, -0.2) is 9.19 Å². The number of hydrogen-bond acceptors (Lipinski definition) is 7. The average Bonchev–Trinajstić information content (AvgIpc) is 2.85. The van der Waals surface area contributed by atoms with Gasteiger partial charge in [0.25, 0.3) is 0 Å². The second-order valence-electron chi connectivity index (χ2n) is 7.70. The number of nitrogens with zero attached hydrogens (tertiary/aromatic N) is 3. The summed E-state index contributed by atoms with van der Waals surface area (Å²) in [5.41, 5.74) is 3.73. The van der Waals surface area contributed by atoms with Crippen molar-refractivity contribution in [3.63, 3.8) is 0 Å². The minimum Gasteiger partial charge on any atom is -0.494 e. The molecule has 8 heteroatoms. The molecule has 1 heterocycles. The van der Waals surface area contributed by atoms with Crippen LogP contribution in [-0.2, 0) is 17.1 Å². The zero-order chi connectivity index (χ0) is 23.9. The van der Waals surface area contributed by atoms with E-state index in [1.807, 2.05) is 62.5 Å². The summed E-state index contributed by atoms with van der Waals surface area (Å²) in [5, 5.41) is 3.18. The first-order chi connectivity index (χ1) is 16.5. The lowest BCUT2D eigenvalue weighted by Crippen LogP contribution is -2.19. The van der Waals surface area contributed by atoms with Crippen LogP contribution in [0.1, 0.15) is 12.5 Å². The fourth-order valence-corrected chi connectivity index (χ4v) is 4.07. The Balaban J connectivity index is 1.69. The molecule has 3 aromatic carbocycles. The highest BCUT2D eigenvalue weighted by Crippen LogP contribution is 2.31. The SMILES string of the molecule is CCOc1ccc(-c2cnc(Nc3cccc([SH](=N)=O)c3)nc2N(C)Cc2ccccc2)cc1. The lowest BCUT2D eigenvalue weighted by atomic mass is 10.1. The molecule has 1 atom stereocenters. The third-order valence-electron chi connectivity index (χ3n) is 5.21. The molecule has 174 valence electrons. The van der Waals surface area contributed by atoms with Gasteiger partial charge in [-0.05, 0) is 48.4 Å². The molecule has 0 radical (unpaired) electrons. The van der Waals surface area contributed by atoms with Crippen LogP contribution in [0.5, 0.6) is 5.75 Å². The Hall–Kier alpha value is -3.91. The molecular weight excluding hydrogens is 446 g/mol. The number of nitrogens with one attached hydrogen (secondary N) is 2. The van der Waals surface area contributed by atoms with Gasteiger partial charge in [-0.3, -0.25) is 4.78 Å². The third kappa shape index (κ3) is 5.71. The van der Waals surface area contributed by atoms with E-state index >= 15 is 0 Å². The van der Waals surface area contributed by atoms with E-state index in [9.17, 15) is 4.21 Å². The summed E-state index contributed by atoms with van der Waals surface area (Å²) in [7, 11) is -0.169. The molecule has 0 aliphatic rings. The van der Waals surface area contributed by atoms with Gasteiger partial charge >= 0.3 is 0 Å². The van der Waals surface area contributed by atoms with Crippen molar-refractivity contribution in [3.8, 4) is 16.9 Å². The molecule has 1 aromatic heterocycles. The maximum absolute atomic E-state index is 11.6. The van der Waals surface area contributed by atoms with Crippen LogP contribution >= 0.6 is 0 Å². The Morgan fingerprint density at radius 1 is 1.03 bits per heavy atom. The Bertz CT molecular complexity index is 1320. The zero-order valence-corrected chi connectivity index (χ0v) is 20.0. The van der Waals surface area contributed by atoms with Crippen molar-refractivity contribution in [2.75, 3.05) is 23.9 Å². The van der Waals surface area contributed by atoms with Gasteiger partial charge in [-0.15, -0.1) is 0 Å². The summed E-state index contributed by atoms with van der Waals surface area (Å²) < 4.78 is 24.6. The second-order valence-corrected chi connectivity index (χ2v) is 8.80. The molecule has 0 saturated heterocycles. The van der Waals surface area contributed by atoms with Gasteiger partial charge in [0.1, 0.15) is 11.6 Å². The van der Waals surface area contributed by atoms with Crippen molar-refractivity contribution in [3.05, 3.63) is 90.6 Å². The molecule has 7 nitrogen and oxygen atoms in total. The summed E-state index contributed by atoms with van der Waals surface area (Å²) in [6.07, 6.45) is 1.80. The van der Waals surface area contributed by atoms with Crippen LogP contribution in [0.2, 0.25) is 0 Å². The Labute approximate surface area is 201 Å². The van der Waals surface area contributed by atoms with Crippen LogP contribution < -0.4 is 15.0 Å². The van der Waals surface area contributed by atoms with E-state index in [0.29, 0.717) is 29.7 Å². The monoisotopic (exact) mass is 473 g/mol. The van der Waals surface area contributed by atoms with Crippen molar-refractivity contribution in [1.82, 2.24) is 9.97 Å². The highest BCUT2D eigenvalue weighted by Gasteiger charge is 2.15. The molecule has 2 N–H and O–H groups in total. The van der Waals surface area contributed by atoms with Crippen LogP contribution in [-0.4, -0.2) is 27.8 Å². The van der Waals surface area contributed by atoms with Gasteiger partial charge in [0.2, 0.25) is 5.95 Å². The van der Waals surface area contributed by atoms with E-state index < -0.39 is 10.6 Å². The smallest absolute Gasteiger partial charge is 0.229 e. The van der Waals surface area contributed by atoms with Crippen LogP contribution in [0.3, 0.4) is 0 Å². The maximum Gasteiger partial charge on any atom is 0.229 e. The number of aromatic nitrogens is 2. The standard InChI is InChI=1S/C26H27N5O2S/c1-3-33-22-14-12-20(13-15-22)24-17-28-26(29-21-10-7-11-23(16-21)34(27)32)30-25(24)31(2)18-19-8-5-4-6-9-19/h4-17,27,34H,3,18H2,1-2H3,(H,28,29,30). The number of rotatable bonds is 9. The summed E-state index contributed by atoms with van der Waals surface area (Å²) in [4.78, 5) is 11.9. The van der Waals surface area contributed by atoms with E-state index in [1.54, 1.807) is 24.4 Å². The van der Waals surface area contributed by atoms with Crippen LogP contribution in [0.15, 0.2) is 90.0 Å². The molecule has 0 aliphatic carbocycles. The maximum atomic E-state index is 11.6. The van der Waals surface area contributed by atoms with E-state index in [-0.39, 0.29) is 0 Å². The number of anilines is 3. The fraction of sp³-hybridized carbons (Fsp3) is 0.154. The Kier molecular flexibility index (Phi) is 7.39. The number of thiol groups is 1. The molecule has 0 saturated carbocycles. The normalized spacial score (nSPS) is 11.6. The number of benzene rings is 3. The zero-order valence-electron chi connectivity index (χ0n) is 19.1. The van der Waals surface area contributed by atoms with Crippen molar-refractivity contribution < 1.29 is 8.95 Å². The van der Waals surface area contributed by atoms with E-state index in [2.05, 4.69) is 27.3 Å². The van der Waals surface area contributed by atoms with Gasteiger partial charge < -0.3 is 15.0 Å². The quantitative estimate of drug-likeness (QED) is 0.277. The highest BCUT2D eigenvalue weighted by molar-refractivity contribution is 7.73. The Morgan fingerprint density at radius 3 is 2.50 bits per heavy atom. The molecule has 0 bridgehead atoms. The predicted octanol–water partition coefficient (Wildman–Crippen LogP) is 5.52. The molecule has 4 rings (SSSR count). The van der Waals surface area contributed by atoms with E-state index in [4.69, 9.17) is 14.5 Å². The van der Waals surface area contributed by atoms with Gasteiger partial charge in [-0.1, -0.05) is 48.5 Å². The number of ether oxygens (including phenoxy) is 1. The van der Waals surface area contributed by atoms with Crippen molar-refractivity contribution in [2.45, 2.75) is 18.4 Å². The average molecular weight is 474 g/mol. The first-order valence-electron chi connectivity index (χ1n) is 10.9. The van der Waals surface area contributed by atoms with Crippen molar-refractivity contribution in [1.29, 1.82) is 4.78 Å². The van der Waals surface area contributed by atoms with Crippen molar-refractivity contribution >= 4 is 28.0 Å². The van der Waals surface area contributed by atoms with Gasteiger partial charge in [-0.2, -0.15) is 4.98 Å². The molecule has 0 spiro atoms. The van der Waals surface area contributed by atoms with Crippen LogP contribution in [0.4, 0.5) is 17.5 Å². The molecule has 4 aromatic rings. The van der Waals surface area contributed by atoms with E-state index in [1.165, 1.54) is 5.56 Å². The first-order valence-corrected chi connectivity index (χ1v) is 12.2. The van der Waals surface area contributed by atoms with Gasteiger partial charge in [0.15, 0.2) is 0 Å². The molecule has 1 unspecified atom stereocenters. The summed E-state index contributed by atoms with van der Waals surface area (Å²) in [6.45, 7) is 3.25. The minimum atomic E-state index is -2.17. The topological polar surface area (TPSA) is 91.2 Å². The highest BCUT2D eigenvalue weighted by atomic mass is 32.2. The lowest BCUT2D eigenvalue weighted by molar-refractivity contribution is 0.340. The molecule has 0 fully saturated rings. The molecule has 0 aliphatic heterocycles. The van der Waals surface area contributed by atoms with Crippen molar-refractivity contribution in [2.24, 2.45) is 0 Å². The fourth-order valence-electron chi connectivity index (χ4n) is 3.60. The lowest BCUT2D eigenvalue weighted by Gasteiger charge is -2.22. The molecule has 0 amide bonds. The summed E-state index contributed by atoms with van der Waals surface area (Å²) in [5.74, 6) is 2.01. The summed E-state index contributed by atoms with van der Waals surface area (Å²) in [6, 6.07) is 25.1. The van der Waals surface area contributed by atoms with Gasteiger partial charge in [0, 0.05) is 35.9 Å². The summed E-state index contributed by atoms with van der Waals surface area (Å²) >= 11 is 0. The van der Waals surface area contributed by atoms with Crippen LogP contribution in [0, 0.1) is 4.78 Å². The van der Waals surface area contributed by atoms with Gasteiger partial charge in [0.05, 0.1) is 17.2 Å². The molecule has 34 heavy (non-hydrogen) atoms.